The van der Waals surface area contributed by atoms with Gasteiger partial charge in [0.25, 0.3) is 0 Å². The van der Waals surface area contributed by atoms with Gasteiger partial charge in [0.05, 0.1) is 91.2 Å². The third-order valence-corrected chi connectivity index (χ3v) is 18.1. The standard InChI is InChI=1S/C61H93ClO20/c1-32(18-40(64)17-16-34(3)62)19-51-53(70)55-38(7)56(76-51)57(71)61(73)30-49(68)36(5)50(82-61)15-13-11-12-14-43-21-41(65)26-59(78-43)29-46(74-10)23-45(79-59)24-48(67)37(6)54(75-39(8)63)35(4)33(2)20-47-28-58(9,72)31-60(81-47)27-42(66)22-44(80-60)25-52(69)77-55/h12,14,16-17,35-38,40-47,49-51,53-57,64-66,68,70-73H,1-3,11,13,15,18-31H2,4-10H3/b14-12?,17-16+/t35-,36-,37+,38+,40-,41+,42+,43+,44?,45?,46+,47+,49+,50-,51+,53+,54+,55+,56?,57+,58+,59-,60-,61-/m0/s1. The van der Waals surface area contributed by atoms with Crippen LogP contribution in [0.5, 0.6) is 0 Å². The Kier molecular flexibility index (Phi) is 22.5. The van der Waals surface area contributed by atoms with Gasteiger partial charge >= 0.3 is 11.9 Å². The van der Waals surface area contributed by atoms with E-state index in [1.54, 1.807) is 41.7 Å². The van der Waals surface area contributed by atoms with E-state index in [1.165, 1.54) is 19.1 Å². The first kappa shape index (κ1) is 66.5. The molecule has 0 aliphatic carbocycles. The summed E-state index contributed by atoms with van der Waals surface area (Å²) in [4.78, 5) is 41.4. The number of Topliss-reactive ketones (excluding diaryl/α,β-unsaturated/α-hetero) is 1. The Morgan fingerprint density at radius 2 is 1.51 bits per heavy atom. The quantitative estimate of drug-likeness (QED) is 0.0864. The van der Waals surface area contributed by atoms with Crippen LogP contribution in [0.1, 0.15) is 151 Å². The number of hydrogen-bond donors (Lipinski definition) is 8. The lowest BCUT2D eigenvalue weighted by Gasteiger charge is -2.52. The third-order valence-electron chi connectivity index (χ3n) is 18.0. The highest BCUT2D eigenvalue weighted by molar-refractivity contribution is 6.30. The van der Waals surface area contributed by atoms with Crippen LogP contribution in [0.4, 0.5) is 0 Å². The molecule has 6 fully saturated rings. The molecule has 24 atom stereocenters. The van der Waals surface area contributed by atoms with E-state index in [0.29, 0.717) is 43.3 Å². The molecule has 10 bridgehead atoms. The van der Waals surface area contributed by atoms with E-state index in [-0.39, 0.29) is 81.1 Å². The van der Waals surface area contributed by atoms with Crippen LogP contribution in [0, 0.1) is 23.7 Å². The Morgan fingerprint density at radius 3 is 2.21 bits per heavy atom. The van der Waals surface area contributed by atoms with Crippen molar-refractivity contribution in [3.8, 4) is 0 Å². The maximum atomic E-state index is 14.4. The van der Waals surface area contributed by atoms with Gasteiger partial charge in [0.15, 0.2) is 17.4 Å². The fourth-order valence-electron chi connectivity index (χ4n) is 13.8. The fraction of sp³-hybridized carbons (Fsp3) is 0.787. The van der Waals surface area contributed by atoms with Crippen molar-refractivity contribution in [2.75, 3.05) is 7.11 Å². The van der Waals surface area contributed by atoms with Gasteiger partial charge in [-0.2, -0.15) is 0 Å². The Bertz CT molecular complexity index is 2310. The Labute approximate surface area is 487 Å². The zero-order valence-corrected chi connectivity index (χ0v) is 49.6. The first-order valence-electron chi connectivity index (χ1n) is 29.4. The van der Waals surface area contributed by atoms with Crippen molar-refractivity contribution in [2.45, 2.75) is 271 Å². The normalized spacial score (nSPS) is 45.4. The van der Waals surface area contributed by atoms with E-state index >= 15 is 0 Å². The summed E-state index contributed by atoms with van der Waals surface area (Å²) in [5.41, 5.74) is -0.438. The average Bonchev–Trinajstić information content (AvgIpc) is 2.93. The van der Waals surface area contributed by atoms with Gasteiger partial charge in [-0.15, -0.1) is 0 Å². The number of carbonyl (C=O) groups excluding carboxylic acids is 3. The molecule has 20 nitrogen and oxygen atoms in total. The summed E-state index contributed by atoms with van der Waals surface area (Å²) in [6.07, 6.45) is -8.40. The number of aliphatic hydroxyl groups is 8. The van der Waals surface area contributed by atoms with E-state index in [1.807, 2.05) is 12.2 Å². The summed E-state index contributed by atoms with van der Waals surface area (Å²) in [5.74, 6) is -9.90. The van der Waals surface area contributed by atoms with E-state index in [4.69, 9.17) is 54.2 Å². The van der Waals surface area contributed by atoms with Gasteiger partial charge < -0.3 is 83.5 Å². The lowest BCUT2D eigenvalue weighted by atomic mass is 9.78. The fourth-order valence-corrected chi connectivity index (χ4v) is 13.9. The molecular weight excluding hydrogens is 1090 g/mol. The number of halogens is 1. The van der Waals surface area contributed by atoms with Gasteiger partial charge in [-0.25, -0.2) is 0 Å². The molecule has 0 aromatic carbocycles. The van der Waals surface area contributed by atoms with Crippen molar-refractivity contribution in [1.82, 2.24) is 0 Å². The Morgan fingerprint density at radius 1 is 0.841 bits per heavy atom. The summed E-state index contributed by atoms with van der Waals surface area (Å²) in [6, 6.07) is 0. The molecule has 21 heteroatoms. The van der Waals surface area contributed by atoms with Crippen LogP contribution >= 0.6 is 11.6 Å². The van der Waals surface area contributed by atoms with Gasteiger partial charge in [-0.3, -0.25) is 14.4 Å². The van der Waals surface area contributed by atoms with E-state index in [0.717, 1.165) is 0 Å². The van der Waals surface area contributed by atoms with Crippen LogP contribution in [0.15, 0.2) is 60.2 Å². The van der Waals surface area contributed by atoms with Gasteiger partial charge in [-0.05, 0) is 51.5 Å². The molecule has 3 unspecified atom stereocenters. The van der Waals surface area contributed by atoms with Crippen molar-refractivity contribution in [3.63, 3.8) is 0 Å². The number of rotatable bonds is 8. The smallest absolute Gasteiger partial charge is 0.308 e. The second-order valence-electron chi connectivity index (χ2n) is 25.4. The molecular formula is C61H93ClO20. The molecule has 7 aliphatic heterocycles. The van der Waals surface area contributed by atoms with Gasteiger partial charge in [0, 0.05) is 101 Å². The van der Waals surface area contributed by atoms with Crippen LogP contribution in [0.25, 0.3) is 0 Å². The third kappa shape index (κ3) is 16.9. The highest BCUT2D eigenvalue weighted by Gasteiger charge is 2.58. The topological polar surface area (TPSA) is 296 Å². The van der Waals surface area contributed by atoms with Crippen molar-refractivity contribution >= 4 is 29.3 Å². The number of esters is 2. The minimum Gasteiger partial charge on any atom is -0.461 e. The lowest BCUT2D eigenvalue weighted by Crippen LogP contribution is -2.65. The van der Waals surface area contributed by atoms with Crippen molar-refractivity contribution in [2.24, 2.45) is 23.7 Å². The average molecular weight is 1180 g/mol. The predicted octanol–water partition coefficient (Wildman–Crippen LogP) is 5.34. The molecule has 464 valence electrons. The van der Waals surface area contributed by atoms with Crippen LogP contribution in [-0.2, 0) is 57.0 Å². The number of ketones is 1. The SMILES string of the molecule is C=C(Cl)/C=C/[C@H](O)CC(=C)C[C@H]1OC2[C@@H](O)[C@]3(O)C[C@@H](O)[C@H](C)[C@H](CCCC=C[C@@H]4C[C@@H](O)C[C@]5(C[C@H](OC)CC(CC(=O)[C@@H](C)[C@H](OC(C)=O)[C@@H](C)C(=C)C[C@@H]6C[C@@](C)(O)C[C@]7(C[C@H](O)CC(CC(=O)O[C@@H]([C@@H]1O)[C@H]2C)O7)O6)O5)O4)O3. The van der Waals surface area contributed by atoms with E-state index in [2.05, 4.69) is 19.7 Å². The maximum absolute atomic E-state index is 14.4. The maximum Gasteiger partial charge on any atom is 0.308 e. The van der Waals surface area contributed by atoms with Crippen LogP contribution in [0.3, 0.4) is 0 Å². The lowest BCUT2D eigenvalue weighted by molar-refractivity contribution is -0.351. The summed E-state index contributed by atoms with van der Waals surface area (Å²) in [7, 11) is 1.58. The largest absolute Gasteiger partial charge is 0.461 e. The molecule has 7 heterocycles. The molecule has 8 N–H and O–H groups in total. The zero-order valence-electron chi connectivity index (χ0n) is 48.9. The van der Waals surface area contributed by atoms with Crippen LogP contribution in [-0.4, -0.2) is 186 Å². The molecule has 2 spiro atoms. The highest BCUT2D eigenvalue weighted by atomic mass is 35.5. The minimum atomic E-state index is -2.39. The second-order valence-corrected chi connectivity index (χ2v) is 25.8. The zero-order chi connectivity index (χ0) is 60.2. The van der Waals surface area contributed by atoms with Crippen LogP contribution < -0.4 is 0 Å². The monoisotopic (exact) mass is 1180 g/mol. The predicted molar refractivity (Wildman–Crippen MR) is 298 cm³/mol. The molecule has 7 aliphatic rings. The summed E-state index contributed by atoms with van der Waals surface area (Å²) in [5, 5.41) is 93.6. The summed E-state index contributed by atoms with van der Waals surface area (Å²) >= 11 is 5.88. The molecule has 6 saturated heterocycles. The molecule has 0 amide bonds. The Balaban J connectivity index is 1.19. The summed E-state index contributed by atoms with van der Waals surface area (Å²) in [6.45, 7) is 21.8. The first-order valence-corrected chi connectivity index (χ1v) is 29.8. The van der Waals surface area contributed by atoms with Gasteiger partial charge in [0.1, 0.15) is 30.2 Å². The second kappa shape index (κ2) is 27.8. The van der Waals surface area contributed by atoms with Crippen molar-refractivity contribution < 1.29 is 97.9 Å². The molecule has 7 rings (SSSR count). The highest BCUT2D eigenvalue weighted by Crippen LogP contribution is 2.48. The number of carbonyl (C=O) groups is 3. The number of fused-ring (bicyclic) bond motifs is 8. The van der Waals surface area contributed by atoms with E-state index < -0.39 is 163 Å². The minimum absolute atomic E-state index is 0.00951. The molecule has 0 radical (unpaired) electrons. The number of aliphatic hydroxyl groups excluding tert-OH is 6. The van der Waals surface area contributed by atoms with E-state index in [9.17, 15) is 55.2 Å². The molecule has 82 heavy (non-hydrogen) atoms. The molecule has 0 aromatic heterocycles. The number of ether oxygens (including phenoxy) is 9. The molecule has 0 saturated carbocycles. The number of methoxy groups -OCH3 is 1. The first-order chi connectivity index (χ1) is 38.4. The summed E-state index contributed by atoms with van der Waals surface area (Å²) < 4.78 is 57.3. The Hall–Kier alpha value is -3.00. The van der Waals surface area contributed by atoms with Crippen molar-refractivity contribution in [1.29, 1.82) is 0 Å². The number of allylic oxidation sites excluding steroid dienone is 3. The molecule has 0 aromatic rings. The van der Waals surface area contributed by atoms with Crippen LogP contribution in [0.2, 0.25) is 0 Å². The van der Waals surface area contributed by atoms with Crippen molar-refractivity contribution in [3.05, 3.63) is 60.2 Å². The van der Waals surface area contributed by atoms with Gasteiger partial charge in [0.2, 0.25) is 0 Å². The van der Waals surface area contributed by atoms with Gasteiger partial charge in [-0.1, -0.05) is 88.4 Å². The number of hydrogen-bond acceptors (Lipinski definition) is 20.